The molecule has 0 aliphatic rings. The lowest BCUT2D eigenvalue weighted by Gasteiger charge is -2.13. The molecule has 1 heterocycles. The second-order valence-corrected chi connectivity index (χ2v) is 7.02. The van der Waals surface area contributed by atoms with Gasteiger partial charge in [-0.05, 0) is 54.8 Å². The van der Waals surface area contributed by atoms with E-state index in [1.165, 1.54) is 5.56 Å². The van der Waals surface area contributed by atoms with Crippen LogP contribution in [0, 0.1) is 13.8 Å². The molecule has 1 amide bonds. The van der Waals surface area contributed by atoms with Crippen LogP contribution in [0.15, 0.2) is 54.7 Å². The predicted molar refractivity (Wildman–Crippen MR) is 112 cm³/mol. The van der Waals surface area contributed by atoms with Gasteiger partial charge in [0.15, 0.2) is 6.61 Å². The smallest absolute Gasteiger partial charge is 0.263 e. The predicted octanol–water partition coefficient (Wildman–Crippen LogP) is 3.63. The Morgan fingerprint density at radius 3 is 2.50 bits per heavy atom. The molecule has 0 saturated heterocycles. The van der Waals surface area contributed by atoms with Crippen LogP contribution in [0.1, 0.15) is 16.7 Å². The number of carbonyl (C=O) groups is 1. The largest absolute Gasteiger partial charge is 0.484 e. The van der Waals surface area contributed by atoms with E-state index in [9.17, 15) is 4.79 Å². The lowest BCUT2D eigenvalue weighted by Crippen LogP contribution is -2.22. The molecule has 6 nitrogen and oxygen atoms in total. The first kappa shape index (κ1) is 19.5. The lowest BCUT2D eigenvalue weighted by atomic mass is 10.1. The molecule has 1 N–H and O–H groups in total. The van der Waals surface area contributed by atoms with Crippen molar-refractivity contribution >= 4 is 17.4 Å². The molecule has 0 spiro atoms. The Hall–Kier alpha value is -3.28. The van der Waals surface area contributed by atoms with Crippen LogP contribution in [0.25, 0.3) is 0 Å². The maximum absolute atomic E-state index is 12.3. The fourth-order valence-electron chi connectivity index (χ4n) is 2.77. The van der Waals surface area contributed by atoms with Crippen LogP contribution in [0.5, 0.6) is 5.75 Å². The van der Waals surface area contributed by atoms with Gasteiger partial charge in [-0.2, -0.15) is 5.10 Å². The highest BCUT2D eigenvalue weighted by Gasteiger charge is 2.09. The van der Waals surface area contributed by atoms with Gasteiger partial charge in [0.05, 0.1) is 12.7 Å². The number of carbonyl (C=O) groups excluding carboxylic acids is 1. The molecular weight excluding hydrogens is 352 g/mol. The summed E-state index contributed by atoms with van der Waals surface area (Å²) in [5.41, 5.74) is 4.58. The molecule has 0 aliphatic carbocycles. The van der Waals surface area contributed by atoms with Crippen molar-refractivity contribution in [3.05, 3.63) is 71.4 Å². The summed E-state index contributed by atoms with van der Waals surface area (Å²) in [6.45, 7) is 4.59. The molecule has 3 rings (SSSR count). The third-order valence-corrected chi connectivity index (χ3v) is 4.62. The van der Waals surface area contributed by atoms with E-state index in [-0.39, 0.29) is 12.5 Å². The van der Waals surface area contributed by atoms with Gasteiger partial charge in [-0.15, -0.1) is 0 Å². The van der Waals surface area contributed by atoms with Crippen LogP contribution in [-0.2, 0) is 11.3 Å². The summed E-state index contributed by atoms with van der Waals surface area (Å²) < 4.78 is 7.36. The van der Waals surface area contributed by atoms with Crippen LogP contribution >= 0.6 is 0 Å². The SMILES string of the molecule is Cc1ccc(OCC(=O)Nc2ccnn2Cc2ccc(N(C)C)cc2)cc1C. The van der Waals surface area contributed by atoms with Gasteiger partial charge in [-0.25, -0.2) is 4.68 Å². The Labute approximate surface area is 165 Å². The van der Waals surface area contributed by atoms with Gasteiger partial charge in [-0.1, -0.05) is 18.2 Å². The van der Waals surface area contributed by atoms with Gasteiger partial charge in [0.25, 0.3) is 5.91 Å². The molecule has 2 aromatic carbocycles. The number of hydrogen-bond acceptors (Lipinski definition) is 4. The van der Waals surface area contributed by atoms with Crippen molar-refractivity contribution < 1.29 is 9.53 Å². The van der Waals surface area contributed by atoms with E-state index < -0.39 is 0 Å². The number of aromatic nitrogens is 2. The Balaban J connectivity index is 1.58. The summed E-state index contributed by atoms with van der Waals surface area (Å²) in [6.07, 6.45) is 1.67. The number of aryl methyl sites for hydroxylation is 2. The molecule has 3 aromatic rings. The first-order chi connectivity index (χ1) is 13.4. The number of hydrogen-bond donors (Lipinski definition) is 1. The second kappa shape index (κ2) is 8.61. The number of amides is 1. The zero-order valence-electron chi connectivity index (χ0n) is 16.8. The minimum Gasteiger partial charge on any atom is -0.484 e. The molecule has 1 aromatic heterocycles. The van der Waals surface area contributed by atoms with Gasteiger partial charge in [0, 0.05) is 25.8 Å². The molecular formula is C22H26N4O2. The molecule has 0 fully saturated rings. The van der Waals surface area contributed by atoms with Gasteiger partial charge in [0.2, 0.25) is 0 Å². The molecule has 146 valence electrons. The molecule has 6 heteroatoms. The fraction of sp³-hybridized carbons (Fsp3) is 0.273. The lowest BCUT2D eigenvalue weighted by molar-refractivity contribution is -0.118. The highest BCUT2D eigenvalue weighted by molar-refractivity contribution is 5.91. The minimum absolute atomic E-state index is 0.0504. The summed E-state index contributed by atoms with van der Waals surface area (Å²) in [7, 11) is 4.02. The number of nitrogens with one attached hydrogen (secondary N) is 1. The summed E-state index contributed by atoms with van der Waals surface area (Å²) in [6, 6.07) is 15.8. The monoisotopic (exact) mass is 378 g/mol. The van der Waals surface area contributed by atoms with Crippen LogP contribution in [0.3, 0.4) is 0 Å². The van der Waals surface area contributed by atoms with E-state index in [1.807, 2.05) is 46.1 Å². The molecule has 0 atom stereocenters. The van der Waals surface area contributed by atoms with Crippen LogP contribution in [-0.4, -0.2) is 36.4 Å². The Morgan fingerprint density at radius 1 is 1.07 bits per heavy atom. The number of anilines is 2. The van der Waals surface area contributed by atoms with Crippen LogP contribution in [0.4, 0.5) is 11.5 Å². The number of ether oxygens (including phenoxy) is 1. The average molecular weight is 378 g/mol. The Bertz CT molecular complexity index is 945. The third kappa shape index (κ3) is 4.91. The van der Waals surface area contributed by atoms with E-state index in [1.54, 1.807) is 16.9 Å². The van der Waals surface area contributed by atoms with Crippen molar-refractivity contribution in [1.29, 1.82) is 0 Å². The van der Waals surface area contributed by atoms with E-state index in [0.29, 0.717) is 18.1 Å². The topological polar surface area (TPSA) is 59.4 Å². The van der Waals surface area contributed by atoms with Crippen molar-refractivity contribution in [3.63, 3.8) is 0 Å². The standard InChI is InChI=1S/C22H26N4O2/c1-16-5-10-20(13-17(16)2)28-15-22(27)24-21-11-12-23-26(21)14-18-6-8-19(9-7-18)25(3)4/h5-13H,14-15H2,1-4H3,(H,24,27). The van der Waals surface area contributed by atoms with Crippen LogP contribution < -0.4 is 15.0 Å². The van der Waals surface area contributed by atoms with Gasteiger partial charge in [0.1, 0.15) is 11.6 Å². The molecule has 0 saturated carbocycles. The van der Waals surface area contributed by atoms with Crippen molar-refractivity contribution in [1.82, 2.24) is 9.78 Å². The summed E-state index contributed by atoms with van der Waals surface area (Å²) in [5.74, 6) is 1.11. The van der Waals surface area contributed by atoms with Gasteiger partial charge >= 0.3 is 0 Å². The van der Waals surface area contributed by atoms with Gasteiger partial charge in [-0.3, -0.25) is 4.79 Å². The fourth-order valence-corrected chi connectivity index (χ4v) is 2.77. The molecule has 0 unspecified atom stereocenters. The number of nitrogens with zero attached hydrogens (tertiary/aromatic N) is 3. The summed E-state index contributed by atoms with van der Waals surface area (Å²) in [5, 5.41) is 7.18. The van der Waals surface area contributed by atoms with Crippen LogP contribution in [0.2, 0.25) is 0 Å². The molecule has 0 aliphatic heterocycles. The van der Waals surface area contributed by atoms with E-state index in [2.05, 4.69) is 39.6 Å². The molecule has 0 radical (unpaired) electrons. The zero-order chi connectivity index (χ0) is 20.1. The normalized spacial score (nSPS) is 10.6. The number of rotatable bonds is 7. The first-order valence-electron chi connectivity index (χ1n) is 9.20. The summed E-state index contributed by atoms with van der Waals surface area (Å²) >= 11 is 0. The third-order valence-electron chi connectivity index (χ3n) is 4.62. The second-order valence-electron chi connectivity index (χ2n) is 7.02. The maximum atomic E-state index is 12.3. The van der Waals surface area contributed by atoms with Crippen molar-refractivity contribution in [2.75, 3.05) is 30.9 Å². The van der Waals surface area contributed by atoms with E-state index in [0.717, 1.165) is 16.8 Å². The van der Waals surface area contributed by atoms with Crippen molar-refractivity contribution in [3.8, 4) is 5.75 Å². The maximum Gasteiger partial charge on any atom is 0.263 e. The minimum atomic E-state index is -0.220. The van der Waals surface area contributed by atoms with E-state index in [4.69, 9.17) is 4.74 Å². The highest BCUT2D eigenvalue weighted by atomic mass is 16.5. The molecule has 28 heavy (non-hydrogen) atoms. The number of benzene rings is 2. The summed E-state index contributed by atoms with van der Waals surface area (Å²) in [4.78, 5) is 14.3. The van der Waals surface area contributed by atoms with E-state index >= 15 is 0 Å². The Morgan fingerprint density at radius 2 is 1.82 bits per heavy atom. The highest BCUT2D eigenvalue weighted by Crippen LogP contribution is 2.17. The quantitative estimate of drug-likeness (QED) is 0.682. The average Bonchev–Trinajstić information content (AvgIpc) is 3.09. The molecule has 0 bridgehead atoms. The van der Waals surface area contributed by atoms with Crippen molar-refractivity contribution in [2.45, 2.75) is 20.4 Å². The Kier molecular flexibility index (Phi) is 5.99. The first-order valence-corrected chi connectivity index (χ1v) is 9.20. The van der Waals surface area contributed by atoms with Crippen molar-refractivity contribution in [2.24, 2.45) is 0 Å². The zero-order valence-corrected chi connectivity index (χ0v) is 16.8. The van der Waals surface area contributed by atoms with Gasteiger partial charge < -0.3 is 15.0 Å².